The number of anilines is 1. The third-order valence-electron chi connectivity index (χ3n) is 3.23. The van der Waals surface area contributed by atoms with Crippen LogP contribution < -0.4 is 4.90 Å². The normalized spacial score (nSPS) is 11.4. The predicted molar refractivity (Wildman–Crippen MR) is 85.2 cm³/mol. The summed E-state index contributed by atoms with van der Waals surface area (Å²) in [6.45, 7) is -0.381. The molecule has 0 spiro atoms. The van der Waals surface area contributed by atoms with Crippen molar-refractivity contribution >= 4 is 23.6 Å². The Morgan fingerprint density at radius 2 is 2.04 bits per heavy atom. The van der Waals surface area contributed by atoms with Crippen LogP contribution in [0.3, 0.4) is 0 Å². The Morgan fingerprint density at radius 3 is 2.57 bits per heavy atom. The van der Waals surface area contributed by atoms with E-state index in [2.05, 4.69) is 4.74 Å². The van der Waals surface area contributed by atoms with Gasteiger partial charge >= 0.3 is 5.97 Å². The van der Waals surface area contributed by atoms with E-state index >= 15 is 0 Å². The van der Waals surface area contributed by atoms with E-state index in [1.54, 1.807) is 24.3 Å². The lowest BCUT2D eigenvalue weighted by molar-refractivity contribution is -0.354. The highest BCUT2D eigenvalue weighted by molar-refractivity contribution is 5.97. The summed E-state index contributed by atoms with van der Waals surface area (Å²) in [5, 5.41) is 21.3. The summed E-state index contributed by atoms with van der Waals surface area (Å²) in [4.78, 5) is 13.6. The molecule has 122 valence electrons. The number of benzene rings is 1. The third-order valence-corrected chi connectivity index (χ3v) is 3.23. The summed E-state index contributed by atoms with van der Waals surface area (Å²) in [6, 6.07) is 8.27. The van der Waals surface area contributed by atoms with Gasteiger partial charge in [-0.15, -0.1) is 0 Å². The zero-order chi connectivity index (χ0) is 17.0. The molecule has 23 heavy (non-hydrogen) atoms. The Bertz CT molecular complexity index is 717. The lowest BCUT2D eigenvalue weighted by Crippen LogP contribution is -2.08. The molecule has 0 atom stereocenters. The Morgan fingerprint density at radius 1 is 1.39 bits per heavy atom. The summed E-state index contributed by atoms with van der Waals surface area (Å²) in [5.74, 6) is -0.434. The monoisotopic (exact) mass is 318 g/mol. The van der Waals surface area contributed by atoms with E-state index < -0.39 is 5.97 Å². The molecule has 0 saturated heterocycles. The molecule has 0 fully saturated rings. The number of rotatable bonds is 5. The Balaban J connectivity index is 2.36. The van der Waals surface area contributed by atoms with Crippen LogP contribution in [-0.4, -0.2) is 43.2 Å². The molecule has 1 N–H and O–H groups in total. The van der Waals surface area contributed by atoms with Crippen LogP contribution in [0.4, 0.5) is 11.4 Å². The molecule has 0 aliphatic heterocycles. The van der Waals surface area contributed by atoms with Gasteiger partial charge in [-0.2, -0.15) is 4.74 Å². The lowest BCUT2D eigenvalue weighted by Gasteiger charge is -2.12. The highest BCUT2D eigenvalue weighted by Gasteiger charge is 2.19. The molecule has 0 aliphatic rings. The molecule has 0 amide bonds. The van der Waals surface area contributed by atoms with Gasteiger partial charge in [0, 0.05) is 31.9 Å². The van der Waals surface area contributed by atoms with Gasteiger partial charge in [0.15, 0.2) is 0 Å². The first-order valence-corrected chi connectivity index (χ1v) is 6.86. The second-order valence-corrected chi connectivity index (χ2v) is 5.01. The molecular weight excluding hydrogens is 300 g/mol. The number of carbonyl (C=O) groups is 1. The number of aliphatic hydroxyl groups excluding tert-OH is 1. The minimum absolute atomic E-state index is 0.0348. The number of hydrogen-bond donors (Lipinski definition) is 1. The quantitative estimate of drug-likeness (QED) is 0.298. The van der Waals surface area contributed by atoms with Crippen molar-refractivity contribution in [1.82, 2.24) is 0 Å². The summed E-state index contributed by atoms with van der Waals surface area (Å²) in [5.41, 5.74) is 1.42. The van der Waals surface area contributed by atoms with Gasteiger partial charge in [0.25, 0.3) is 0 Å². The minimum atomic E-state index is -0.643. The van der Waals surface area contributed by atoms with Crippen LogP contribution in [0.2, 0.25) is 0 Å². The van der Waals surface area contributed by atoms with Crippen molar-refractivity contribution in [3.63, 3.8) is 0 Å². The second-order valence-electron chi connectivity index (χ2n) is 5.01. The van der Waals surface area contributed by atoms with Crippen LogP contribution in [0.25, 0.3) is 0 Å². The molecular formula is C16H18N2O5. The number of esters is 1. The number of carbonyl (C=O) groups excluding carboxylic acids is 1. The number of ether oxygens (including phenoxy) is 1. The highest BCUT2D eigenvalue weighted by Crippen LogP contribution is 2.19. The molecule has 1 heterocycles. The Kier molecular flexibility index (Phi) is 5.02. The SMILES string of the molecule is COC(=O)c1cc(CO)oc1C=[N+]([O-])c1ccc(N(C)C)cc1. The molecule has 1 aromatic carbocycles. The topological polar surface area (TPSA) is 89.0 Å². The van der Waals surface area contributed by atoms with Gasteiger partial charge in [0.1, 0.15) is 17.9 Å². The standard InChI is InChI=1S/C16H18N2O5/c1-17(2)11-4-6-12(7-5-11)18(21)9-15-14(16(20)22-3)8-13(10-19)23-15/h4-9,19H,10H2,1-3H3. The van der Waals surface area contributed by atoms with E-state index in [4.69, 9.17) is 9.52 Å². The molecule has 2 rings (SSSR count). The van der Waals surface area contributed by atoms with E-state index in [1.165, 1.54) is 13.2 Å². The third kappa shape index (κ3) is 3.70. The lowest BCUT2D eigenvalue weighted by atomic mass is 10.2. The predicted octanol–water partition coefficient (Wildman–Crippen LogP) is 1.89. The fourth-order valence-electron chi connectivity index (χ4n) is 1.98. The zero-order valence-electron chi connectivity index (χ0n) is 13.1. The maximum atomic E-state index is 12.2. The molecule has 7 heteroatoms. The van der Waals surface area contributed by atoms with E-state index in [9.17, 15) is 10.0 Å². The summed E-state index contributed by atoms with van der Waals surface area (Å²) in [7, 11) is 5.03. The molecule has 0 bridgehead atoms. The van der Waals surface area contributed by atoms with Crippen LogP contribution >= 0.6 is 0 Å². The van der Waals surface area contributed by atoms with E-state index in [1.807, 2.05) is 19.0 Å². The Labute approximate surface area is 133 Å². The summed E-state index contributed by atoms with van der Waals surface area (Å²) < 4.78 is 10.5. The fourth-order valence-corrected chi connectivity index (χ4v) is 1.98. The zero-order valence-corrected chi connectivity index (χ0v) is 13.1. The molecule has 1 aromatic heterocycles. The number of hydrogen-bond acceptors (Lipinski definition) is 6. The molecule has 2 aromatic rings. The first-order chi connectivity index (χ1) is 11.0. The van der Waals surface area contributed by atoms with Gasteiger partial charge in [-0.25, -0.2) is 4.79 Å². The summed E-state index contributed by atoms with van der Waals surface area (Å²) in [6.07, 6.45) is 1.14. The van der Waals surface area contributed by atoms with Crippen molar-refractivity contribution in [3.05, 3.63) is 52.6 Å². The van der Waals surface area contributed by atoms with E-state index in [0.717, 1.165) is 11.9 Å². The second kappa shape index (κ2) is 6.97. The van der Waals surface area contributed by atoms with Crippen LogP contribution in [0.5, 0.6) is 0 Å². The summed E-state index contributed by atoms with van der Waals surface area (Å²) >= 11 is 0. The maximum Gasteiger partial charge on any atom is 0.342 e. The van der Waals surface area contributed by atoms with Crippen LogP contribution in [0.1, 0.15) is 21.9 Å². The van der Waals surface area contributed by atoms with Gasteiger partial charge in [0.05, 0.1) is 7.11 Å². The van der Waals surface area contributed by atoms with Gasteiger partial charge in [0.2, 0.25) is 17.7 Å². The maximum absolute atomic E-state index is 12.2. The van der Waals surface area contributed by atoms with Crippen molar-refractivity contribution in [2.45, 2.75) is 6.61 Å². The average Bonchev–Trinajstić information content (AvgIpc) is 2.97. The van der Waals surface area contributed by atoms with E-state index in [0.29, 0.717) is 10.4 Å². The van der Waals surface area contributed by atoms with Gasteiger partial charge in [-0.1, -0.05) is 0 Å². The Hall–Kier alpha value is -2.80. The largest absolute Gasteiger partial charge is 0.618 e. The average molecular weight is 318 g/mol. The van der Waals surface area contributed by atoms with Gasteiger partial charge in [-0.05, 0) is 18.2 Å². The van der Waals surface area contributed by atoms with Crippen molar-refractivity contribution in [2.75, 3.05) is 26.1 Å². The van der Waals surface area contributed by atoms with Crippen LogP contribution in [0.15, 0.2) is 34.7 Å². The number of aliphatic hydroxyl groups is 1. The van der Waals surface area contributed by atoms with E-state index in [-0.39, 0.29) is 23.7 Å². The van der Waals surface area contributed by atoms with Gasteiger partial charge in [-0.3, -0.25) is 0 Å². The highest BCUT2D eigenvalue weighted by atomic mass is 16.5. The first kappa shape index (κ1) is 16.6. The molecule has 0 unspecified atom stereocenters. The molecule has 0 aliphatic carbocycles. The van der Waals surface area contributed by atoms with Crippen molar-refractivity contribution < 1.29 is 23.8 Å². The fraction of sp³-hybridized carbons (Fsp3) is 0.250. The number of nitrogens with zero attached hydrogens (tertiary/aromatic N) is 2. The number of furan rings is 1. The minimum Gasteiger partial charge on any atom is -0.618 e. The molecule has 7 nitrogen and oxygen atoms in total. The smallest absolute Gasteiger partial charge is 0.342 e. The molecule has 0 saturated carbocycles. The number of methoxy groups -OCH3 is 1. The van der Waals surface area contributed by atoms with Crippen molar-refractivity contribution in [3.8, 4) is 0 Å². The van der Waals surface area contributed by atoms with Crippen LogP contribution in [0, 0.1) is 5.21 Å². The van der Waals surface area contributed by atoms with Crippen molar-refractivity contribution in [1.29, 1.82) is 0 Å². The first-order valence-electron chi connectivity index (χ1n) is 6.86. The van der Waals surface area contributed by atoms with Gasteiger partial charge < -0.3 is 24.4 Å². The van der Waals surface area contributed by atoms with Crippen LogP contribution in [-0.2, 0) is 11.3 Å². The molecule has 0 radical (unpaired) electrons. The van der Waals surface area contributed by atoms with Crippen molar-refractivity contribution in [2.24, 2.45) is 0 Å².